The van der Waals surface area contributed by atoms with Gasteiger partial charge in [-0.15, -0.1) is 0 Å². The number of hydrogen-bond acceptors (Lipinski definition) is 3. The number of halogens is 1. The maximum absolute atomic E-state index is 5.61. The second kappa shape index (κ2) is 3.95. The fraction of sp³-hybridized carbons (Fsp3) is 0.250. The third kappa shape index (κ3) is 2.53. The van der Waals surface area contributed by atoms with Gasteiger partial charge >= 0.3 is 0 Å². The number of nitrogen functional groups attached to an aromatic ring is 1. The van der Waals surface area contributed by atoms with Crippen molar-refractivity contribution in [2.24, 2.45) is 0 Å². The Labute approximate surface area is 86.0 Å². The zero-order valence-corrected chi connectivity index (χ0v) is 9.29. The second-order valence-electron chi connectivity index (χ2n) is 2.75. The van der Waals surface area contributed by atoms with Crippen LogP contribution in [-0.4, -0.2) is 19.1 Å². The van der Waals surface area contributed by atoms with Crippen LogP contribution in [0.4, 0.5) is 11.4 Å². The third-order valence-electron chi connectivity index (χ3n) is 1.34. The molecule has 0 aromatic heterocycles. The van der Waals surface area contributed by atoms with E-state index in [1.165, 1.54) is 0 Å². The van der Waals surface area contributed by atoms with Gasteiger partial charge in [-0.05, 0) is 40.8 Å². The summed E-state index contributed by atoms with van der Waals surface area (Å²) in [7, 11) is 3.90. The summed E-state index contributed by atoms with van der Waals surface area (Å²) in [5.74, 6) is 0. The van der Waals surface area contributed by atoms with Crippen molar-refractivity contribution in [3.63, 3.8) is 0 Å². The first-order chi connectivity index (χ1) is 5.59. The minimum Gasteiger partial charge on any atom is -0.399 e. The molecule has 0 saturated heterocycles. The van der Waals surface area contributed by atoms with Crippen LogP contribution in [0.2, 0.25) is 0 Å². The number of rotatable bonds is 2. The first-order valence-electron chi connectivity index (χ1n) is 3.58. The van der Waals surface area contributed by atoms with Gasteiger partial charge in [0.1, 0.15) is 0 Å². The standard InChI is InChI=1S/C8H12IN3/c1-12(2)11-8-4-3-6(10)5-7(8)9/h3-5,11H,10H2,1-2H3. The van der Waals surface area contributed by atoms with Gasteiger partial charge in [0.15, 0.2) is 0 Å². The molecule has 0 unspecified atom stereocenters. The van der Waals surface area contributed by atoms with Gasteiger partial charge < -0.3 is 11.2 Å². The van der Waals surface area contributed by atoms with Crippen molar-refractivity contribution in [2.45, 2.75) is 0 Å². The molecule has 0 radical (unpaired) electrons. The summed E-state index contributed by atoms with van der Waals surface area (Å²) >= 11 is 2.25. The minimum absolute atomic E-state index is 0.795. The Hall–Kier alpha value is -0.490. The van der Waals surface area contributed by atoms with E-state index in [-0.39, 0.29) is 0 Å². The number of nitrogens with one attached hydrogen (secondary N) is 1. The van der Waals surface area contributed by atoms with Gasteiger partial charge in [0.2, 0.25) is 0 Å². The highest BCUT2D eigenvalue weighted by Gasteiger charge is 1.99. The lowest BCUT2D eigenvalue weighted by atomic mass is 10.3. The van der Waals surface area contributed by atoms with E-state index in [4.69, 9.17) is 5.73 Å². The summed E-state index contributed by atoms with van der Waals surface area (Å²) in [6.07, 6.45) is 0. The van der Waals surface area contributed by atoms with Crippen molar-refractivity contribution in [2.75, 3.05) is 25.3 Å². The number of hydrogen-bond donors (Lipinski definition) is 2. The highest BCUT2D eigenvalue weighted by Crippen LogP contribution is 2.20. The summed E-state index contributed by atoms with van der Waals surface area (Å²) in [5, 5.41) is 1.90. The Bertz CT molecular complexity index is 273. The van der Waals surface area contributed by atoms with Crippen molar-refractivity contribution in [3.05, 3.63) is 21.8 Å². The lowest BCUT2D eigenvalue weighted by Crippen LogP contribution is -2.20. The van der Waals surface area contributed by atoms with Gasteiger partial charge in [-0.1, -0.05) is 0 Å². The number of nitrogens with two attached hydrogens (primary N) is 1. The Morgan fingerprint density at radius 3 is 2.58 bits per heavy atom. The quantitative estimate of drug-likeness (QED) is 0.491. The Morgan fingerprint density at radius 2 is 2.08 bits per heavy atom. The van der Waals surface area contributed by atoms with Gasteiger partial charge in [0.25, 0.3) is 0 Å². The molecule has 0 bridgehead atoms. The van der Waals surface area contributed by atoms with Crippen LogP contribution in [0.5, 0.6) is 0 Å². The average Bonchev–Trinajstić information content (AvgIpc) is 1.94. The molecule has 0 amide bonds. The highest BCUT2D eigenvalue weighted by atomic mass is 127. The summed E-state index contributed by atoms with van der Waals surface area (Å²) in [4.78, 5) is 0. The predicted octanol–water partition coefficient (Wildman–Crippen LogP) is 1.76. The zero-order valence-electron chi connectivity index (χ0n) is 7.13. The van der Waals surface area contributed by atoms with Gasteiger partial charge in [-0.2, -0.15) is 0 Å². The van der Waals surface area contributed by atoms with E-state index in [9.17, 15) is 0 Å². The van der Waals surface area contributed by atoms with Gasteiger partial charge in [-0.3, -0.25) is 0 Å². The van der Waals surface area contributed by atoms with Crippen molar-refractivity contribution in [3.8, 4) is 0 Å². The van der Waals surface area contributed by atoms with E-state index >= 15 is 0 Å². The molecular formula is C8H12IN3. The molecule has 1 aromatic carbocycles. The minimum atomic E-state index is 0.795. The molecule has 0 fully saturated rings. The van der Waals surface area contributed by atoms with E-state index < -0.39 is 0 Å². The van der Waals surface area contributed by atoms with E-state index in [2.05, 4.69) is 28.0 Å². The first-order valence-corrected chi connectivity index (χ1v) is 4.66. The average molecular weight is 277 g/mol. The molecule has 4 heteroatoms. The molecule has 0 saturated carbocycles. The van der Waals surface area contributed by atoms with Crippen LogP contribution in [0.25, 0.3) is 0 Å². The third-order valence-corrected chi connectivity index (χ3v) is 2.23. The fourth-order valence-electron chi connectivity index (χ4n) is 0.863. The summed E-state index contributed by atoms with van der Waals surface area (Å²) in [6, 6.07) is 5.79. The molecule has 0 aliphatic carbocycles. The molecular weight excluding hydrogens is 265 g/mol. The van der Waals surface area contributed by atoms with Crippen LogP contribution in [0, 0.1) is 3.57 Å². The monoisotopic (exact) mass is 277 g/mol. The lowest BCUT2D eigenvalue weighted by molar-refractivity contribution is 0.495. The number of benzene rings is 1. The second-order valence-corrected chi connectivity index (χ2v) is 3.91. The van der Waals surface area contributed by atoms with E-state index in [1.807, 2.05) is 37.3 Å². The highest BCUT2D eigenvalue weighted by molar-refractivity contribution is 14.1. The van der Waals surface area contributed by atoms with Crippen molar-refractivity contribution < 1.29 is 0 Å². The Balaban J connectivity index is 2.86. The summed E-state index contributed by atoms with van der Waals surface area (Å²) in [5.41, 5.74) is 10.7. The number of hydrazine groups is 1. The molecule has 3 N–H and O–H groups in total. The molecule has 66 valence electrons. The Morgan fingerprint density at radius 1 is 1.42 bits per heavy atom. The summed E-state index contributed by atoms with van der Waals surface area (Å²) in [6.45, 7) is 0. The van der Waals surface area contributed by atoms with Crippen molar-refractivity contribution in [1.29, 1.82) is 0 Å². The van der Waals surface area contributed by atoms with Gasteiger partial charge in [0, 0.05) is 23.4 Å². The molecule has 3 nitrogen and oxygen atoms in total. The molecule has 12 heavy (non-hydrogen) atoms. The smallest absolute Gasteiger partial charge is 0.0624 e. The van der Waals surface area contributed by atoms with E-state index in [1.54, 1.807) is 0 Å². The first kappa shape index (κ1) is 9.60. The summed E-state index contributed by atoms with van der Waals surface area (Å²) < 4.78 is 1.13. The SMILES string of the molecule is CN(C)Nc1ccc(N)cc1I. The molecule has 0 aliphatic heterocycles. The van der Waals surface area contributed by atoms with Crippen LogP contribution >= 0.6 is 22.6 Å². The molecule has 0 spiro atoms. The van der Waals surface area contributed by atoms with E-state index in [0.717, 1.165) is 14.9 Å². The molecule has 0 atom stereocenters. The lowest BCUT2D eigenvalue weighted by Gasteiger charge is -2.14. The number of anilines is 2. The van der Waals surface area contributed by atoms with Crippen molar-refractivity contribution >= 4 is 34.0 Å². The topological polar surface area (TPSA) is 41.3 Å². The fourth-order valence-corrected chi connectivity index (χ4v) is 1.52. The van der Waals surface area contributed by atoms with Gasteiger partial charge in [0.05, 0.1) is 5.69 Å². The van der Waals surface area contributed by atoms with Crippen molar-refractivity contribution in [1.82, 2.24) is 5.01 Å². The van der Waals surface area contributed by atoms with E-state index in [0.29, 0.717) is 0 Å². The van der Waals surface area contributed by atoms with Crippen LogP contribution in [0.3, 0.4) is 0 Å². The molecule has 1 aromatic rings. The van der Waals surface area contributed by atoms with Crippen LogP contribution in [-0.2, 0) is 0 Å². The molecule has 1 rings (SSSR count). The van der Waals surface area contributed by atoms with Crippen LogP contribution in [0.15, 0.2) is 18.2 Å². The largest absolute Gasteiger partial charge is 0.399 e. The van der Waals surface area contributed by atoms with Crippen LogP contribution < -0.4 is 11.2 Å². The maximum Gasteiger partial charge on any atom is 0.0624 e. The van der Waals surface area contributed by atoms with Gasteiger partial charge in [-0.25, -0.2) is 5.01 Å². The molecule has 0 heterocycles. The Kier molecular flexibility index (Phi) is 3.16. The molecule has 0 aliphatic rings. The number of nitrogens with zero attached hydrogens (tertiary/aromatic N) is 1. The van der Waals surface area contributed by atoms with Crippen LogP contribution in [0.1, 0.15) is 0 Å². The zero-order chi connectivity index (χ0) is 9.14. The normalized spacial score (nSPS) is 10.3. The maximum atomic E-state index is 5.61. The predicted molar refractivity (Wildman–Crippen MR) is 60.9 cm³/mol.